The van der Waals surface area contributed by atoms with Crippen LogP contribution in [0.15, 0.2) is 29.4 Å². The van der Waals surface area contributed by atoms with Gasteiger partial charge in [-0.2, -0.15) is 0 Å². The number of likely N-dealkylation sites (N-methyl/N-ethyl adjacent to an activating group) is 1. The van der Waals surface area contributed by atoms with Crippen molar-refractivity contribution in [3.63, 3.8) is 0 Å². The third kappa shape index (κ3) is 6.53. The molecule has 1 aromatic heterocycles. The number of nitrogens with zero attached hydrogens (tertiary/aromatic N) is 4. The first-order valence-electron chi connectivity index (χ1n) is 9.62. The topological polar surface area (TPSA) is 55.8 Å². The Bertz CT molecular complexity index is 496. The van der Waals surface area contributed by atoms with Crippen LogP contribution < -0.4 is 15.5 Å². The Labute approximate surface area is 152 Å². The molecule has 1 aliphatic heterocycles. The molecule has 1 fully saturated rings. The van der Waals surface area contributed by atoms with Crippen LogP contribution in [0.4, 0.5) is 5.82 Å². The summed E-state index contributed by atoms with van der Waals surface area (Å²) in [6.45, 7) is 10.8. The van der Waals surface area contributed by atoms with E-state index in [-0.39, 0.29) is 0 Å². The van der Waals surface area contributed by atoms with Gasteiger partial charge < -0.3 is 20.4 Å². The Balaban J connectivity index is 1.70. The summed E-state index contributed by atoms with van der Waals surface area (Å²) >= 11 is 0. The normalized spacial score (nSPS) is 16.3. The van der Waals surface area contributed by atoms with Crippen molar-refractivity contribution < 1.29 is 0 Å². The first-order chi connectivity index (χ1) is 12.3. The van der Waals surface area contributed by atoms with Crippen molar-refractivity contribution in [1.29, 1.82) is 0 Å². The smallest absolute Gasteiger partial charge is 0.191 e. The van der Waals surface area contributed by atoms with Gasteiger partial charge in [-0.15, -0.1) is 0 Å². The zero-order valence-corrected chi connectivity index (χ0v) is 16.0. The number of hydrogen-bond donors (Lipinski definition) is 2. The Hall–Kier alpha value is -1.82. The number of pyridine rings is 1. The van der Waals surface area contributed by atoms with E-state index >= 15 is 0 Å². The van der Waals surface area contributed by atoms with Gasteiger partial charge in [0.2, 0.25) is 0 Å². The van der Waals surface area contributed by atoms with Crippen molar-refractivity contribution in [1.82, 2.24) is 20.5 Å². The van der Waals surface area contributed by atoms with Crippen LogP contribution in [0.25, 0.3) is 0 Å². The van der Waals surface area contributed by atoms with Crippen LogP contribution in [0.1, 0.15) is 33.1 Å². The molecule has 2 heterocycles. The molecule has 1 aliphatic rings. The van der Waals surface area contributed by atoms with Gasteiger partial charge in [0.15, 0.2) is 5.96 Å². The first-order valence-corrected chi connectivity index (χ1v) is 9.62. The number of nitrogens with one attached hydrogen (secondary N) is 2. The molecule has 0 amide bonds. The highest BCUT2D eigenvalue weighted by atomic mass is 15.2. The minimum absolute atomic E-state index is 0.476. The second-order valence-corrected chi connectivity index (χ2v) is 6.53. The van der Waals surface area contributed by atoms with E-state index in [4.69, 9.17) is 0 Å². The second kappa shape index (κ2) is 10.9. The van der Waals surface area contributed by atoms with Crippen LogP contribution in [-0.2, 0) is 0 Å². The third-order valence-corrected chi connectivity index (χ3v) is 4.74. The Kier molecular flexibility index (Phi) is 8.52. The number of aliphatic imine (C=N–C) groups is 1. The number of guanidine groups is 1. The summed E-state index contributed by atoms with van der Waals surface area (Å²) in [5.41, 5.74) is 0. The highest BCUT2D eigenvalue weighted by Crippen LogP contribution is 2.17. The monoisotopic (exact) mass is 346 g/mol. The third-order valence-electron chi connectivity index (χ3n) is 4.74. The molecule has 0 aliphatic carbocycles. The summed E-state index contributed by atoms with van der Waals surface area (Å²) in [6, 6.07) is 6.58. The SMILES string of the molecule is CCCN(CC)CCNC(=NC)NC1CCN(c2ccccn2)CC1. The van der Waals surface area contributed by atoms with Gasteiger partial charge >= 0.3 is 0 Å². The average Bonchev–Trinajstić information content (AvgIpc) is 2.67. The molecule has 6 nitrogen and oxygen atoms in total. The molecule has 0 saturated carbocycles. The molecule has 1 aromatic rings. The summed E-state index contributed by atoms with van der Waals surface area (Å²) in [6.07, 6.45) is 5.28. The van der Waals surface area contributed by atoms with Gasteiger partial charge in [-0.25, -0.2) is 4.98 Å². The summed E-state index contributed by atoms with van der Waals surface area (Å²) in [7, 11) is 1.85. The van der Waals surface area contributed by atoms with Gasteiger partial charge in [0.25, 0.3) is 0 Å². The summed E-state index contributed by atoms with van der Waals surface area (Å²) < 4.78 is 0. The fraction of sp³-hybridized carbons (Fsp3) is 0.684. The quantitative estimate of drug-likeness (QED) is 0.557. The van der Waals surface area contributed by atoms with Gasteiger partial charge in [-0.3, -0.25) is 4.99 Å². The van der Waals surface area contributed by atoms with Crippen molar-refractivity contribution in [2.45, 2.75) is 39.2 Å². The number of aromatic nitrogens is 1. The van der Waals surface area contributed by atoms with Crippen molar-refractivity contribution in [3.05, 3.63) is 24.4 Å². The molecule has 140 valence electrons. The number of rotatable bonds is 8. The van der Waals surface area contributed by atoms with E-state index in [1.54, 1.807) is 0 Å². The maximum absolute atomic E-state index is 4.45. The fourth-order valence-electron chi connectivity index (χ4n) is 3.26. The molecule has 0 spiro atoms. The lowest BCUT2D eigenvalue weighted by molar-refractivity contribution is 0.292. The lowest BCUT2D eigenvalue weighted by atomic mass is 10.1. The summed E-state index contributed by atoms with van der Waals surface area (Å²) in [5.74, 6) is 2.00. The molecular formula is C19H34N6. The van der Waals surface area contributed by atoms with Crippen LogP contribution in [0.3, 0.4) is 0 Å². The first kappa shape index (κ1) is 19.5. The van der Waals surface area contributed by atoms with Gasteiger partial charge in [0.05, 0.1) is 0 Å². The highest BCUT2D eigenvalue weighted by Gasteiger charge is 2.20. The molecular weight excluding hydrogens is 312 g/mol. The molecule has 0 aromatic carbocycles. The van der Waals surface area contributed by atoms with E-state index in [0.29, 0.717) is 6.04 Å². The van der Waals surface area contributed by atoms with Crippen molar-refractivity contribution in [2.75, 3.05) is 51.2 Å². The summed E-state index contributed by atoms with van der Waals surface area (Å²) in [4.78, 5) is 13.7. The van der Waals surface area contributed by atoms with E-state index in [0.717, 1.165) is 63.9 Å². The number of hydrogen-bond acceptors (Lipinski definition) is 4. The predicted octanol–water partition coefficient (Wildman–Crippen LogP) is 1.95. The van der Waals surface area contributed by atoms with E-state index in [2.05, 4.69) is 56.4 Å². The number of piperidine rings is 1. The fourth-order valence-corrected chi connectivity index (χ4v) is 3.26. The van der Waals surface area contributed by atoms with Crippen molar-refractivity contribution >= 4 is 11.8 Å². The predicted molar refractivity (Wildman–Crippen MR) is 106 cm³/mol. The van der Waals surface area contributed by atoms with E-state index < -0.39 is 0 Å². The van der Waals surface area contributed by atoms with Crippen LogP contribution in [0.5, 0.6) is 0 Å². The molecule has 6 heteroatoms. The molecule has 1 saturated heterocycles. The Morgan fingerprint density at radius 1 is 1.28 bits per heavy atom. The minimum atomic E-state index is 0.476. The van der Waals surface area contributed by atoms with Gasteiger partial charge in [-0.05, 0) is 44.5 Å². The second-order valence-electron chi connectivity index (χ2n) is 6.53. The average molecular weight is 347 g/mol. The van der Waals surface area contributed by atoms with E-state index in [9.17, 15) is 0 Å². The Morgan fingerprint density at radius 3 is 2.68 bits per heavy atom. The Morgan fingerprint density at radius 2 is 2.08 bits per heavy atom. The van der Waals surface area contributed by atoms with Crippen LogP contribution in [0, 0.1) is 0 Å². The molecule has 0 unspecified atom stereocenters. The van der Waals surface area contributed by atoms with E-state index in [1.165, 1.54) is 6.42 Å². The molecule has 2 N–H and O–H groups in total. The number of anilines is 1. The van der Waals surface area contributed by atoms with Crippen LogP contribution in [-0.4, -0.2) is 68.2 Å². The lowest BCUT2D eigenvalue weighted by Gasteiger charge is -2.33. The van der Waals surface area contributed by atoms with Crippen molar-refractivity contribution in [2.24, 2.45) is 4.99 Å². The maximum atomic E-state index is 4.45. The molecule has 0 atom stereocenters. The standard InChI is InChI=1S/C19H34N6/c1-4-13-24(5-2)16-12-22-19(20-3)23-17-9-14-25(15-10-17)18-8-6-7-11-21-18/h6-8,11,17H,4-5,9-10,12-16H2,1-3H3,(H2,20,22,23). The molecule has 0 bridgehead atoms. The van der Waals surface area contributed by atoms with Crippen molar-refractivity contribution in [3.8, 4) is 0 Å². The zero-order chi connectivity index (χ0) is 17.9. The molecule has 25 heavy (non-hydrogen) atoms. The highest BCUT2D eigenvalue weighted by molar-refractivity contribution is 5.80. The van der Waals surface area contributed by atoms with Gasteiger partial charge in [0.1, 0.15) is 5.82 Å². The van der Waals surface area contributed by atoms with Crippen LogP contribution >= 0.6 is 0 Å². The molecule has 2 rings (SSSR count). The minimum Gasteiger partial charge on any atom is -0.356 e. The summed E-state index contributed by atoms with van der Waals surface area (Å²) in [5, 5.41) is 7.03. The van der Waals surface area contributed by atoms with Gasteiger partial charge in [-0.1, -0.05) is 19.9 Å². The van der Waals surface area contributed by atoms with Gasteiger partial charge in [0, 0.05) is 45.5 Å². The zero-order valence-electron chi connectivity index (χ0n) is 16.0. The van der Waals surface area contributed by atoms with Crippen LogP contribution in [0.2, 0.25) is 0 Å². The largest absolute Gasteiger partial charge is 0.356 e. The maximum Gasteiger partial charge on any atom is 0.191 e. The lowest BCUT2D eigenvalue weighted by Crippen LogP contribution is -2.50. The molecule has 0 radical (unpaired) electrons. The van der Waals surface area contributed by atoms with E-state index in [1.807, 2.05) is 19.3 Å².